The number of carbonyl (C=O) groups excluding carboxylic acids is 1. The van der Waals surface area contributed by atoms with E-state index < -0.39 is 0 Å². The van der Waals surface area contributed by atoms with E-state index in [0.29, 0.717) is 17.9 Å². The zero-order valence-electron chi connectivity index (χ0n) is 9.92. The highest BCUT2D eigenvalue weighted by Crippen LogP contribution is 2.24. The van der Waals surface area contributed by atoms with Crippen molar-refractivity contribution in [2.45, 2.75) is 45.7 Å². The van der Waals surface area contributed by atoms with Crippen LogP contribution in [0, 0.1) is 11.8 Å². The highest BCUT2D eigenvalue weighted by molar-refractivity contribution is 5.74. The highest BCUT2D eigenvalue weighted by atomic mass is 16.2. The van der Waals surface area contributed by atoms with Gasteiger partial charge in [-0.3, -0.25) is 0 Å². The quantitative estimate of drug-likeness (QED) is 0.654. The molecule has 1 aliphatic carbocycles. The normalized spacial score (nSPS) is 27.0. The van der Waals surface area contributed by atoms with Crippen molar-refractivity contribution in [3.63, 3.8) is 0 Å². The van der Waals surface area contributed by atoms with Gasteiger partial charge < -0.3 is 16.4 Å². The van der Waals surface area contributed by atoms with E-state index in [9.17, 15) is 4.79 Å². The average Bonchev–Trinajstić information content (AvgIpc) is 2.10. The monoisotopic (exact) mass is 213 g/mol. The summed E-state index contributed by atoms with van der Waals surface area (Å²) in [6.07, 6.45) is 2.08. The Balaban J connectivity index is 2.08. The lowest BCUT2D eigenvalue weighted by molar-refractivity contribution is 0.220. The number of amides is 2. The van der Waals surface area contributed by atoms with Crippen LogP contribution in [0.2, 0.25) is 0 Å². The van der Waals surface area contributed by atoms with Gasteiger partial charge in [0.25, 0.3) is 0 Å². The van der Waals surface area contributed by atoms with Crippen LogP contribution in [0.3, 0.4) is 0 Å². The lowest BCUT2D eigenvalue weighted by Gasteiger charge is -2.32. The van der Waals surface area contributed by atoms with E-state index in [1.807, 2.05) is 6.92 Å². The van der Waals surface area contributed by atoms with Gasteiger partial charge in [-0.15, -0.1) is 0 Å². The maximum atomic E-state index is 11.4. The molecule has 0 radical (unpaired) electrons. The first-order chi connectivity index (χ1) is 6.99. The summed E-state index contributed by atoms with van der Waals surface area (Å²) in [7, 11) is 0. The first kappa shape index (κ1) is 12.3. The topological polar surface area (TPSA) is 67.2 Å². The second-order valence-electron chi connectivity index (χ2n) is 4.98. The summed E-state index contributed by atoms with van der Waals surface area (Å²) in [6, 6.07) is 0.514. The fourth-order valence-corrected chi connectivity index (χ4v) is 1.62. The smallest absolute Gasteiger partial charge is 0.315 e. The Hall–Kier alpha value is -0.770. The Morgan fingerprint density at radius 2 is 2.00 bits per heavy atom. The van der Waals surface area contributed by atoms with Gasteiger partial charge >= 0.3 is 6.03 Å². The number of carbonyl (C=O) groups is 1. The van der Waals surface area contributed by atoms with Gasteiger partial charge in [-0.25, -0.2) is 4.79 Å². The lowest BCUT2D eigenvalue weighted by atomic mass is 9.81. The maximum Gasteiger partial charge on any atom is 0.315 e. The third-order valence-corrected chi connectivity index (χ3v) is 3.18. The molecule has 0 saturated heterocycles. The summed E-state index contributed by atoms with van der Waals surface area (Å²) in [5.74, 6) is 1.05. The number of nitrogens with two attached hydrogens (primary N) is 1. The molecule has 15 heavy (non-hydrogen) atoms. The van der Waals surface area contributed by atoms with Crippen molar-refractivity contribution < 1.29 is 4.79 Å². The predicted octanol–water partition coefficient (Wildman–Crippen LogP) is 1.07. The SMILES string of the molecule is CC(C)C(C)NC(=O)NCC1CC(N)C1. The fraction of sp³-hybridized carbons (Fsp3) is 0.909. The standard InChI is InChI=1S/C11H23N3O/c1-7(2)8(3)14-11(15)13-6-9-4-10(12)5-9/h7-10H,4-6,12H2,1-3H3,(H2,13,14,15). The zero-order valence-corrected chi connectivity index (χ0v) is 9.92. The third-order valence-electron chi connectivity index (χ3n) is 3.18. The third kappa shape index (κ3) is 4.08. The molecule has 1 atom stereocenters. The summed E-state index contributed by atoms with van der Waals surface area (Å²) >= 11 is 0. The van der Waals surface area contributed by atoms with Crippen molar-refractivity contribution in [1.82, 2.24) is 10.6 Å². The highest BCUT2D eigenvalue weighted by Gasteiger charge is 2.25. The van der Waals surface area contributed by atoms with Crippen LogP contribution in [0.1, 0.15) is 33.6 Å². The zero-order chi connectivity index (χ0) is 11.4. The van der Waals surface area contributed by atoms with Gasteiger partial charge in [0.05, 0.1) is 0 Å². The summed E-state index contributed by atoms with van der Waals surface area (Å²) in [5, 5.41) is 5.80. The Kier molecular flexibility index (Phi) is 4.39. The van der Waals surface area contributed by atoms with Crippen molar-refractivity contribution in [3.8, 4) is 0 Å². The van der Waals surface area contributed by atoms with E-state index in [0.717, 1.165) is 19.4 Å². The van der Waals surface area contributed by atoms with Gasteiger partial charge in [0.2, 0.25) is 0 Å². The van der Waals surface area contributed by atoms with E-state index >= 15 is 0 Å². The van der Waals surface area contributed by atoms with Gasteiger partial charge in [0, 0.05) is 18.6 Å². The average molecular weight is 213 g/mol. The molecule has 2 amide bonds. The molecule has 4 N–H and O–H groups in total. The van der Waals surface area contributed by atoms with Crippen LogP contribution in [-0.4, -0.2) is 24.7 Å². The Bertz CT molecular complexity index is 212. The van der Waals surface area contributed by atoms with E-state index in [2.05, 4.69) is 24.5 Å². The molecule has 0 spiro atoms. The van der Waals surface area contributed by atoms with E-state index in [-0.39, 0.29) is 12.1 Å². The molecular weight excluding hydrogens is 190 g/mol. The minimum Gasteiger partial charge on any atom is -0.338 e. The molecule has 0 aromatic rings. The van der Waals surface area contributed by atoms with E-state index in [1.165, 1.54) is 0 Å². The Morgan fingerprint density at radius 1 is 1.40 bits per heavy atom. The van der Waals surface area contributed by atoms with Crippen LogP contribution >= 0.6 is 0 Å². The Morgan fingerprint density at radius 3 is 2.47 bits per heavy atom. The van der Waals surface area contributed by atoms with Gasteiger partial charge in [-0.05, 0) is 31.6 Å². The summed E-state index contributed by atoms with van der Waals surface area (Å²) in [4.78, 5) is 11.4. The van der Waals surface area contributed by atoms with Gasteiger partial charge in [0.15, 0.2) is 0 Å². The molecule has 1 unspecified atom stereocenters. The minimum absolute atomic E-state index is 0.0586. The largest absolute Gasteiger partial charge is 0.338 e. The van der Waals surface area contributed by atoms with Crippen molar-refractivity contribution >= 4 is 6.03 Å². The molecule has 0 aliphatic heterocycles. The summed E-state index contributed by atoms with van der Waals surface area (Å²) in [6.45, 7) is 6.96. The molecule has 1 aliphatic rings. The fourth-order valence-electron chi connectivity index (χ4n) is 1.62. The first-order valence-corrected chi connectivity index (χ1v) is 5.79. The van der Waals surface area contributed by atoms with Crippen molar-refractivity contribution in [1.29, 1.82) is 0 Å². The molecular formula is C11H23N3O. The number of urea groups is 1. The van der Waals surface area contributed by atoms with Crippen LogP contribution in [0.4, 0.5) is 4.79 Å². The molecule has 0 aromatic carbocycles. The molecule has 1 rings (SSSR count). The predicted molar refractivity (Wildman–Crippen MR) is 61.5 cm³/mol. The van der Waals surface area contributed by atoms with Gasteiger partial charge in [0.1, 0.15) is 0 Å². The second kappa shape index (κ2) is 5.35. The summed E-state index contributed by atoms with van der Waals surface area (Å²) < 4.78 is 0. The lowest BCUT2D eigenvalue weighted by Crippen LogP contribution is -2.47. The molecule has 0 aromatic heterocycles. The number of rotatable bonds is 4. The molecule has 1 fully saturated rings. The maximum absolute atomic E-state index is 11.4. The first-order valence-electron chi connectivity index (χ1n) is 5.79. The van der Waals surface area contributed by atoms with E-state index in [1.54, 1.807) is 0 Å². The molecule has 1 saturated carbocycles. The van der Waals surface area contributed by atoms with Gasteiger partial charge in [-0.2, -0.15) is 0 Å². The van der Waals surface area contributed by atoms with Crippen molar-refractivity contribution in [3.05, 3.63) is 0 Å². The minimum atomic E-state index is -0.0586. The van der Waals surface area contributed by atoms with Crippen LogP contribution in [0.5, 0.6) is 0 Å². The van der Waals surface area contributed by atoms with E-state index in [4.69, 9.17) is 5.73 Å². The van der Waals surface area contributed by atoms with Gasteiger partial charge in [-0.1, -0.05) is 13.8 Å². The van der Waals surface area contributed by atoms with Crippen molar-refractivity contribution in [2.75, 3.05) is 6.54 Å². The van der Waals surface area contributed by atoms with Crippen LogP contribution < -0.4 is 16.4 Å². The Labute approximate surface area is 92.0 Å². The number of hydrogen-bond acceptors (Lipinski definition) is 2. The molecule has 4 nitrogen and oxygen atoms in total. The van der Waals surface area contributed by atoms with Crippen molar-refractivity contribution in [2.24, 2.45) is 17.6 Å². The molecule has 0 heterocycles. The van der Waals surface area contributed by atoms with Crippen LogP contribution in [0.25, 0.3) is 0 Å². The molecule has 4 heteroatoms. The summed E-state index contributed by atoms with van der Waals surface area (Å²) in [5.41, 5.74) is 5.67. The molecule has 0 bridgehead atoms. The number of hydrogen-bond donors (Lipinski definition) is 3. The second-order valence-corrected chi connectivity index (χ2v) is 4.98. The van der Waals surface area contributed by atoms with Crippen LogP contribution in [0.15, 0.2) is 0 Å². The molecule has 88 valence electrons. The number of nitrogens with one attached hydrogen (secondary N) is 2. The van der Waals surface area contributed by atoms with Crippen LogP contribution in [-0.2, 0) is 0 Å².